The van der Waals surface area contributed by atoms with E-state index in [1.807, 2.05) is 11.9 Å². The van der Waals surface area contributed by atoms with E-state index in [0.717, 1.165) is 6.42 Å². The molecule has 21 heavy (non-hydrogen) atoms. The van der Waals surface area contributed by atoms with Crippen LogP contribution >= 0.6 is 0 Å². The molecule has 118 valence electrons. The fourth-order valence-corrected chi connectivity index (χ4v) is 3.18. The molecule has 0 amide bonds. The lowest BCUT2D eigenvalue weighted by molar-refractivity contribution is 0.266. The Bertz CT molecular complexity index is 599. The highest BCUT2D eigenvalue weighted by Crippen LogP contribution is 2.14. The summed E-state index contributed by atoms with van der Waals surface area (Å²) in [5, 5.41) is 11.5. The van der Waals surface area contributed by atoms with Crippen molar-refractivity contribution in [2.45, 2.75) is 31.2 Å². The Kier molecular flexibility index (Phi) is 6.17. The van der Waals surface area contributed by atoms with Gasteiger partial charge >= 0.3 is 0 Å². The summed E-state index contributed by atoms with van der Waals surface area (Å²) in [5.74, 6) is -0.0724. The number of sulfone groups is 1. The summed E-state index contributed by atoms with van der Waals surface area (Å²) in [6.45, 7) is 4.59. The minimum Gasteiger partial charge on any atom is -0.409 e. The van der Waals surface area contributed by atoms with Crippen LogP contribution < -0.4 is 5.73 Å². The highest BCUT2D eigenvalue weighted by atomic mass is 32.2. The van der Waals surface area contributed by atoms with Crippen molar-refractivity contribution >= 4 is 15.7 Å². The van der Waals surface area contributed by atoms with Crippen molar-refractivity contribution in [3.63, 3.8) is 0 Å². The summed E-state index contributed by atoms with van der Waals surface area (Å²) in [6.07, 6.45) is 0.968. The number of nitrogens with zero attached hydrogens (tertiary/aromatic N) is 2. The van der Waals surface area contributed by atoms with Crippen LogP contribution in [0.4, 0.5) is 0 Å². The van der Waals surface area contributed by atoms with Crippen molar-refractivity contribution in [2.24, 2.45) is 10.9 Å². The Labute approximate surface area is 126 Å². The van der Waals surface area contributed by atoms with Crippen molar-refractivity contribution in [2.75, 3.05) is 19.3 Å². The molecule has 3 N–H and O–H groups in total. The minimum atomic E-state index is -3.40. The van der Waals surface area contributed by atoms with Gasteiger partial charge in [-0.2, -0.15) is 0 Å². The third-order valence-electron chi connectivity index (χ3n) is 3.65. The van der Waals surface area contributed by atoms with Gasteiger partial charge in [0, 0.05) is 18.2 Å². The second-order valence-corrected chi connectivity index (χ2v) is 7.18. The number of amidine groups is 1. The summed E-state index contributed by atoms with van der Waals surface area (Å²) < 4.78 is 24.7. The molecule has 1 aromatic rings. The summed E-state index contributed by atoms with van der Waals surface area (Å²) in [4.78, 5) is 2.20. The van der Waals surface area contributed by atoms with Gasteiger partial charge in [-0.05, 0) is 32.5 Å². The second kappa shape index (κ2) is 7.42. The first-order chi connectivity index (χ1) is 9.81. The molecule has 0 aromatic heterocycles. The van der Waals surface area contributed by atoms with E-state index in [1.165, 1.54) is 12.1 Å². The zero-order valence-corrected chi connectivity index (χ0v) is 13.5. The molecule has 7 heteroatoms. The molecule has 1 aromatic carbocycles. The fourth-order valence-electron chi connectivity index (χ4n) is 1.82. The maximum atomic E-state index is 12.3. The summed E-state index contributed by atoms with van der Waals surface area (Å²) >= 11 is 0. The maximum absolute atomic E-state index is 12.3. The summed E-state index contributed by atoms with van der Waals surface area (Å²) in [6, 6.07) is 6.46. The molecular formula is C14H23N3O3S. The Morgan fingerprint density at radius 2 is 2.14 bits per heavy atom. The standard InChI is InChI=1S/C14H23N3O3S/c1-4-11(2)17(3)8-9-21(19,20)13-7-5-6-12(10-13)14(15)16-18/h5-7,10-11,18H,4,8-9H2,1-3H3,(H2,15,16). The molecule has 0 aliphatic heterocycles. The zero-order chi connectivity index (χ0) is 16.0. The van der Waals surface area contributed by atoms with Crippen LogP contribution in [0.15, 0.2) is 34.3 Å². The Morgan fingerprint density at radius 1 is 1.48 bits per heavy atom. The Hall–Kier alpha value is -1.60. The average molecular weight is 313 g/mol. The van der Waals surface area contributed by atoms with Crippen molar-refractivity contribution in [1.29, 1.82) is 0 Å². The van der Waals surface area contributed by atoms with Crippen molar-refractivity contribution < 1.29 is 13.6 Å². The van der Waals surface area contributed by atoms with E-state index in [4.69, 9.17) is 10.9 Å². The smallest absolute Gasteiger partial charge is 0.179 e. The van der Waals surface area contributed by atoms with Gasteiger partial charge in [-0.3, -0.25) is 0 Å². The van der Waals surface area contributed by atoms with Gasteiger partial charge in [0.15, 0.2) is 15.7 Å². The normalized spacial score (nSPS) is 14.4. The van der Waals surface area contributed by atoms with E-state index >= 15 is 0 Å². The lowest BCUT2D eigenvalue weighted by Crippen LogP contribution is -2.33. The molecule has 0 saturated carbocycles. The van der Waals surface area contributed by atoms with Gasteiger partial charge in [-0.1, -0.05) is 24.2 Å². The molecule has 0 bridgehead atoms. The lowest BCUT2D eigenvalue weighted by Gasteiger charge is -2.23. The van der Waals surface area contributed by atoms with Crippen molar-refractivity contribution in [3.8, 4) is 0 Å². The number of hydrogen-bond donors (Lipinski definition) is 2. The largest absolute Gasteiger partial charge is 0.409 e. The predicted molar refractivity (Wildman–Crippen MR) is 83.4 cm³/mol. The van der Waals surface area contributed by atoms with Crippen LogP contribution in [0.5, 0.6) is 0 Å². The molecule has 0 aliphatic carbocycles. The van der Waals surface area contributed by atoms with Crippen molar-refractivity contribution in [3.05, 3.63) is 29.8 Å². The van der Waals surface area contributed by atoms with Crippen LogP contribution in [-0.2, 0) is 9.84 Å². The molecule has 6 nitrogen and oxygen atoms in total. The van der Waals surface area contributed by atoms with Gasteiger partial charge in [-0.25, -0.2) is 8.42 Å². The maximum Gasteiger partial charge on any atom is 0.179 e. The number of benzene rings is 1. The van der Waals surface area contributed by atoms with Crippen LogP contribution in [0, 0.1) is 0 Å². The molecule has 0 spiro atoms. The van der Waals surface area contributed by atoms with Gasteiger partial charge in [0.25, 0.3) is 0 Å². The van der Waals surface area contributed by atoms with Gasteiger partial charge < -0.3 is 15.8 Å². The van der Waals surface area contributed by atoms with E-state index in [0.29, 0.717) is 18.2 Å². The third-order valence-corrected chi connectivity index (χ3v) is 5.34. The first kappa shape index (κ1) is 17.5. The molecule has 1 rings (SSSR count). The molecule has 0 saturated heterocycles. The van der Waals surface area contributed by atoms with E-state index in [2.05, 4.69) is 19.0 Å². The Balaban J connectivity index is 2.89. The van der Waals surface area contributed by atoms with Gasteiger partial charge in [0.05, 0.1) is 10.6 Å². The van der Waals surface area contributed by atoms with Gasteiger partial charge in [0.1, 0.15) is 0 Å². The quantitative estimate of drug-likeness (QED) is 0.342. The molecule has 0 radical (unpaired) electrons. The average Bonchev–Trinajstić information content (AvgIpc) is 2.51. The number of rotatable bonds is 7. The fraction of sp³-hybridized carbons (Fsp3) is 0.500. The van der Waals surface area contributed by atoms with Gasteiger partial charge in [0.2, 0.25) is 0 Å². The number of hydrogen-bond acceptors (Lipinski definition) is 5. The SMILES string of the molecule is CCC(C)N(C)CCS(=O)(=O)c1cccc(/C(N)=N/O)c1. The highest BCUT2D eigenvalue weighted by Gasteiger charge is 2.17. The van der Waals surface area contributed by atoms with E-state index in [-0.39, 0.29) is 16.5 Å². The van der Waals surface area contributed by atoms with Gasteiger partial charge in [-0.15, -0.1) is 0 Å². The Morgan fingerprint density at radius 3 is 2.71 bits per heavy atom. The second-order valence-electron chi connectivity index (χ2n) is 5.07. The first-order valence-electron chi connectivity index (χ1n) is 6.82. The molecule has 1 unspecified atom stereocenters. The molecule has 0 heterocycles. The summed E-state index contributed by atoms with van der Waals surface area (Å²) in [7, 11) is -1.48. The van der Waals surface area contributed by atoms with E-state index in [9.17, 15) is 8.42 Å². The van der Waals surface area contributed by atoms with E-state index < -0.39 is 9.84 Å². The van der Waals surface area contributed by atoms with Crippen LogP contribution in [0.25, 0.3) is 0 Å². The van der Waals surface area contributed by atoms with Crippen LogP contribution in [0.1, 0.15) is 25.8 Å². The zero-order valence-electron chi connectivity index (χ0n) is 12.7. The number of oxime groups is 1. The molecule has 0 aliphatic rings. The van der Waals surface area contributed by atoms with E-state index in [1.54, 1.807) is 12.1 Å². The van der Waals surface area contributed by atoms with Crippen LogP contribution in [0.2, 0.25) is 0 Å². The summed E-state index contributed by atoms with van der Waals surface area (Å²) in [5.41, 5.74) is 5.87. The van der Waals surface area contributed by atoms with Crippen LogP contribution in [-0.4, -0.2) is 49.7 Å². The lowest BCUT2D eigenvalue weighted by atomic mass is 10.2. The van der Waals surface area contributed by atoms with Crippen LogP contribution in [0.3, 0.4) is 0 Å². The first-order valence-corrected chi connectivity index (χ1v) is 8.48. The molecule has 1 atom stereocenters. The monoisotopic (exact) mass is 313 g/mol. The predicted octanol–water partition coefficient (Wildman–Crippen LogP) is 1.29. The molecular weight excluding hydrogens is 290 g/mol. The molecule has 0 fully saturated rings. The topological polar surface area (TPSA) is 96.0 Å². The minimum absolute atomic E-state index is 0.0352. The highest BCUT2D eigenvalue weighted by molar-refractivity contribution is 7.91. The van der Waals surface area contributed by atoms with Crippen molar-refractivity contribution in [1.82, 2.24) is 4.90 Å². The third kappa shape index (κ3) is 4.71. The number of nitrogens with two attached hydrogens (primary N) is 1.